The molecule has 8 heteroatoms. The standard InChI is InChI=1S/C20H16ClNO4S2/c1-25-17-7-6-13(21)10-16(17)22-19(23)12-26-20(24)15(18-5-3-9-28-18)11-14-4-2-8-27-14/h2-11H,12H2,1H3,(H,22,23)/b15-11+. The van der Waals surface area contributed by atoms with E-state index in [1.807, 2.05) is 35.0 Å². The van der Waals surface area contributed by atoms with Crippen molar-refractivity contribution in [2.75, 3.05) is 19.0 Å². The van der Waals surface area contributed by atoms with Crippen molar-refractivity contribution < 1.29 is 19.1 Å². The van der Waals surface area contributed by atoms with E-state index in [9.17, 15) is 9.59 Å². The lowest BCUT2D eigenvalue weighted by atomic mass is 10.2. The van der Waals surface area contributed by atoms with Crippen LogP contribution < -0.4 is 10.1 Å². The number of amides is 1. The Bertz CT molecular complexity index is 982. The van der Waals surface area contributed by atoms with E-state index in [-0.39, 0.29) is 0 Å². The molecule has 0 saturated carbocycles. The van der Waals surface area contributed by atoms with E-state index >= 15 is 0 Å². The molecule has 0 aliphatic heterocycles. The fraction of sp³-hybridized carbons (Fsp3) is 0.100. The first-order valence-corrected chi connectivity index (χ1v) is 10.3. The molecule has 0 radical (unpaired) electrons. The molecule has 0 spiro atoms. The van der Waals surface area contributed by atoms with Gasteiger partial charge in [-0.15, -0.1) is 22.7 Å². The maximum Gasteiger partial charge on any atom is 0.340 e. The highest BCUT2D eigenvalue weighted by molar-refractivity contribution is 7.12. The van der Waals surface area contributed by atoms with Gasteiger partial charge in [-0.2, -0.15) is 0 Å². The van der Waals surface area contributed by atoms with Crippen LogP contribution in [0.1, 0.15) is 9.75 Å². The van der Waals surface area contributed by atoms with Gasteiger partial charge in [0.2, 0.25) is 0 Å². The SMILES string of the molecule is COc1ccc(Cl)cc1NC(=O)COC(=O)/C(=C/c1cccs1)c1cccs1. The maximum absolute atomic E-state index is 12.6. The van der Waals surface area contributed by atoms with Crippen LogP contribution in [0.3, 0.4) is 0 Å². The molecule has 5 nitrogen and oxygen atoms in total. The highest BCUT2D eigenvalue weighted by Gasteiger charge is 2.17. The summed E-state index contributed by atoms with van der Waals surface area (Å²) in [6, 6.07) is 12.4. The van der Waals surface area contributed by atoms with Gasteiger partial charge in [0.15, 0.2) is 6.61 Å². The van der Waals surface area contributed by atoms with E-state index in [1.165, 1.54) is 29.8 Å². The third kappa shape index (κ3) is 5.22. The number of esters is 1. The summed E-state index contributed by atoms with van der Waals surface area (Å²) >= 11 is 8.89. The number of thiophene rings is 2. The van der Waals surface area contributed by atoms with Crippen molar-refractivity contribution in [2.24, 2.45) is 0 Å². The number of nitrogens with one attached hydrogen (secondary N) is 1. The molecule has 144 valence electrons. The summed E-state index contributed by atoms with van der Waals surface area (Å²) in [5, 5.41) is 6.89. The zero-order chi connectivity index (χ0) is 19.9. The first kappa shape index (κ1) is 20.1. The monoisotopic (exact) mass is 433 g/mol. The number of carbonyl (C=O) groups excluding carboxylic acids is 2. The van der Waals surface area contributed by atoms with Crippen molar-refractivity contribution in [1.82, 2.24) is 0 Å². The van der Waals surface area contributed by atoms with Gasteiger partial charge < -0.3 is 14.8 Å². The van der Waals surface area contributed by atoms with E-state index in [4.69, 9.17) is 21.1 Å². The molecule has 3 aromatic rings. The van der Waals surface area contributed by atoms with Crippen molar-refractivity contribution in [1.29, 1.82) is 0 Å². The summed E-state index contributed by atoms with van der Waals surface area (Å²) < 4.78 is 10.4. The topological polar surface area (TPSA) is 64.6 Å². The lowest BCUT2D eigenvalue weighted by molar-refractivity contribution is -0.141. The van der Waals surface area contributed by atoms with Gasteiger partial charge in [-0.3, -0.25) is 4.79 Å². The first-order chi connectivity index (χ1) is 13.6. The summed E-state index contributed by atoms with van der Waals surface area (Å²) in [5.74, 6) is -0.597. The van der Waals surface area contributed by atoms with Crippen LogP contribution in [0.4, 0.5) is 5.69 Å². The lowest BCUT2D eigenvalue weighted by Crippen LogP contribution is -2.21. The average Bonchev–Trinajstić information content (AvgIpc) is 3.38. The molecule has 28 heavy (non-hydrogen) atoms. The number of carbonyl (C=O) groups is 2. The minimum absolute atomic E-state index is 0.406. The third-order valence-corrected chi connectivity index (χ3v) is 5.56. The number of anilines is 1. The molecular weight excluding hydrogens is 418 g/mol. The summed E-state index contributed by atoms with van der Waals surface area (Å²) in [5.41, 5.74) is 0.814. The van der Waals surface area contributed by atoms with E-state index in [0.717, 1.165) is 9.75 Å². The van der Waals surface area contributed by atoms with Crippen LogP contribution in [0.25, 0.3) is 11.6 Å². The summed E-state index contributed by atoms with van der Waals surface area (Å²) in [4.78, 5) is 26.5. The minimum Gasteiger partial charge on any atom is -0.495 e. The zero-order valence-electron chi connectivity index (χ0n) is 14.8. The van der Waals surface area contributed by atoms with Crippen LogP contribution in [-0.2, 0) is 14.3 Å². The number of methoxy groups -OCH3 is 1. The van der Waals surface area contributed by atoms with Crippen LogP contribution in [0.2, 0.25) is 5.02 Å². The predicted octanol–water partition coefficient (Wildman–Crippen LogP) is 5.19. The fourth-order valence-electron chi connectivity index (χ4n) is 2.35. The Hall–Kier alpha value is -2.61. The van der Waals surface area contributed by atoms with Gasteiger partial charge in [0, 0.05) is 14.8 Å². The number of benzene rings is 1. The molecule has 0 aliphatic carbocycles. The molecule has 0 aliphatic rings. The molecule has 2 aromatic heterocycles. The van der Waals surface area contributed by atoms with Crippen LogP contribution in [0, 0.1) is 0 Å². The Balaban J connectivity index is 1.68. The maximum atomic E-state index is 12.6. The molecular formula is C20H16ClNO4S2. The second-order valence-corrected chi connectivity index (χ2v) is 7.88. The van der Waals surface area contributed by atoms with Gasteiger partial charge >= 0.3 is 5.97 Å². The van der Waals surface area contributed by atoms with Gasteiger partial charge in [0.25, 0.3) is 5.91 Å². The van der Waals surface area contributed by atoms with Crippen molar-refractivity contribution in [3.05, 3.63) is 68.0 Å². The Morgan fingerprint density at radius 3 is 2.61 bits per heavy atom. The normalized spacial score (nSPS) is 11.1. The van der Waals surface area contributed by atoms with Crippen LogP contribution >= 0.6 is 34.3 Å². The number of rotatable bonds is 7. The van der Waals surface area contributed by atoms with Crippen LogP contribution in [0.15, 0.2) is 53.2 Å². The highest BCUT2D eigenvalue weighted by atomic mass is 35.5. The fourth-order valence-corrected chi connectivity index (χ4v) is 3.91. The van der Waals surface area contributed by atoms with Gasteiger partial charge in [0.05, 0.1) is 18.4 Å². The van der Waals surface area contributed by atoms with E-state index < -0.39 is 18.5 Å². The summed E-state index contributed by atoms with van der Waals surface area (Å²) in [7, 11) is 1.49. The predicted molar refractivity (Wildman–Crippen MR) is 114 cm³/mol. The summed E-state index contributed by atoms with van der Waals surface area (Å²) in [6.45, 7) is -0.429. The highest BCUT2D eigenvalue weighted by Crippen LogP contribution is 2.28. The largest absolute Gasteiger partial charge is 0.495 e. The summed E-state index contributed by atoms with van der Waals surface area (Å²) in [6.07, 6.45) is 1.76. The second kappa shape index (κ2) is 9.54. The number of ether oxygens (including phenoxy) is 2. The molecule has 2 heterocycles. The third-order valence-electron chi connectivity index (χ3n) is 3.61. The molecule has 3 rings (SSSR count). The van der Waals surface area contributed by atoms with Gasteiger partial charge in [-0.25, -0.2) is 4.79 Å². The van der Waals surface area contributed by atoms with Crippen molar-refractivity contribution >= 4 is 63.5 Å². The Morgan fingerprint density at radius 1 is 1.14 bits per heavy atom. The van der Waals surface area contributed by atoms with Crippen molar-refractivity contribution in [3.63, 3.8) is 0 Å². The first-order valence-electron chi connectivity index (χ1n) is 8.16. The lowest BCUT2D eigenvalue weighted by Gasteiger charge is -2.11. The molecule has 0 bridgehead atoms. The molecule has 1 N–H and O–H groups in total. The van der Waals surface area contributed by atoms with Gasteiger partial charge in [0.1, 0.15) is 5.75 Å². The van der Waals surface area contributed by atoms with E-state index in [1.54, 1.807) is 24.3 Å². The Labute approximate surface area is 175 Å². The zero-order valence-corrected chi connectivity index (χ0v) is 17.2. The molecule has 0 saturated heterocycles. The molecule has 1 amide bonds. The number of halogens is 1. The smallest absolute Gasteiger partial charge is 0.340 e. The van der Waals surface area contributed by atoms with Crippen LogP contribution in [0.5, 0.6) is 5.75 Å². The van der Waals surface area contributed by atoms with E-state index in [2.05, 4.69) is 5.32 Å². The Kier molecular flexibility index (Phi) is 6.86. The van der Waals surface area contributed by atoms with Crippen molar-refractivity contribution in [3.8, 4) is 5.75 Å². The molecule has 1 aromatic carbocycles. The van der Waals surface area contributed by atoms with E-state index in [0.29, 0.717) is 22.0 Å². The second-order valence-electron chi connectivity index (χ2n) is 5.52. The molecule has 0 unspecified atom stereocenters. The number of hydrogen-bond acceptors (Lipinski definition) is 6. The van der Waals surface area contributed by atoms with Crippen LogP contribution in [-0.4, -0.2) is 25.6 Å². The number of hydrogen-bond donors (Lipinski definition) is 1. The van der Waals surface area contributed by atoms with Crippen molar-refractivity contribution in [2.45, 2.75) is 0 Å². The average molecular weight is 434 g/mol. The molecule has 0 atom stereocenters. The quantitative estimate of drug-likeness (QED) is 0.411. The molecule has 0 fully saturated rings. The van der Waals surface area contributed by atoms with Gasteiger partial charge in [-0.05, 0) is 47.2 Å². The Morgan fingerprint density at radius 2 is 1.93 bits per heavy atom. The van der Waals surface area contributed by atoms with Gasteiger partial charge in [-0.1, -0.05) is 23.7 Å². The minimum atomic E-state index is -0.566.